The standard InChI is InChI=1S/C20H18N4O2S2/c1-25-16-9-8-14(10-17(16)26-2)19-21-15(11-27-19)12-28-20-22-18(23-24-20)13-6-4-3-5-7-13/h3-11H,12H2,1-2H3,(H,22,23,24). The van der Waals surface area contributed by atoms with Crippen molar-refractivity contribution in [2.45, 2.75) is 10.9 Å². The van der Waals surface area contributed by atoms with Gasteiger partial charge in [-0.05, 0) is 18.2 Å². The van der Waals surface area contributed by atoms with Crippen LogP contribution in [0.15, 0.2) is 59.1 Å². The van der Waals surface area contributed by atoms with E-state index in [1.807, 2.05) is 48.5 Å². The van der Waals surface area contributed by atoms with Gasteiger partial charge < -0.3 is 9.47 Å². The molecule has 0 atom stereocenters. The number of aromatic amines is 1. The summed E-state index contributed by atoms with van der Waals surface area (Å²) in [7, 11) is 3.26. The summed E-state index contributed by atoms with van der Waals surface area (Å²) in [6, 6.07) is 15.8. The van der Waals surface area contributed by atoms with E-state index < -0.39 is 0 Å². The smallest absolute Gasteiger partial charge is 0.209 e. The molecule has 0 aliphatic heterocycles. The van der Waals surface area contributed by atoms with Crippen molar-refractivity contribution in [2.75, 3.05) is 14.2 Å². The number of nitrogens with zero attached hydrogens (tertiary/aromatic N) is 3. The number of thioether (sulfide) groups is 1. The molecule has 0 aliphatic rings. The van der Waals surface area contributed by atoms with Crippen LogP contribution in [0.4, 0.5) is 0 Å². The summed E-state index contributed by atoms with van der Waals surface area (Å²) in [5.74, 6) is 2.88. The summed E-state index contributed by atoms with van der Waals surface area (Å²) in [5, 5.41) is 11.0. The van der Waals surface area contributed by atoms with Crippen molar-refractivity contribution < 1.29 is 9.47 Å². The second-order valence-corrected chi connectivity index (χ2v) is 7.64. The van der Waals surface area contributed by atoms with E-state index in [4.69, 9.17) is 14.5 Å². The van der Waals surface area contributed by atoms with Crippen LogP contribution in [-0.4, -0.2) is 34.4 Å². The molecule has 0 unspecified atom stereocenters. The Morgan fingerprint density at radius 3 is 2.57 bits per heavy atom. The van der Waals surface area contributed by atoms with E-state index >= 15 is 0 Å². The minimum atomic E-state index is 0.695. The van der Waals surface area contributed by atoms with Gasteiger partial charge in [0.05, 0.1) is 19.9 Å². The lowest BCUT2D eigenvalue weighted by molar-refractivity contribution is 0.355. The van der Waals surface area contributed by atoms with Gasteiger partial charge in [-0.25, -0.2) is 9.97 Å². The number of thiazole rings is 1. The molecule has 0 amide bonds. The molecule has 2 heterocycles. The van der Waals surface area contributed by atoms with Gasteiger partial charge in [0.2, 0.25) is 5.16 Å². The van der Waals surface area contributed by atoms with Gasteiger partial charge in [-0.15, -0.1) is 16.4 Å². The Bertz CT molecular complexity index is 1060. The zero-order valence-electron chi connectivity index (χ0n) is 15.4. The maximum absolute atomic E-state index is 5.38. The second-order valence-electron chi connectivity index (χ2n) is 5.84. The monoisotopic (exact) mass is 410 g/mol. The molecule has 0 aliphatic carbocycles. The lowest BCUT2D eigenvalue weighted by Gasteiger charge is -2.08. The summed E-state index contributed by atoms with van der Waals surface area (Å²) in [6.45, 7) is 0. The first-order chi connectivity index (χ1) is 13.8. The molecule has 4 rings (SSSR count). The van der Waals surface area contributed by atoms with Crippen molar-refractivity contribution in [3.63, 3.8) is 0 Å². The molecule has 0 radical (unpaired) electrons. The second kappa shape index (κ2) is 8.45. The van der Waals surface area contributed by atoms with Gasteiger partial charge in [-0.1, -0.05) is 42.1 Å². The van der Waals surface area contributed by atoms with Crippen LogP contribution in [0, 0.1) is 0 Å². The third-order valence-electron chi connectivity index (χ3n) is 4.04. The van der Waals surface area contributed by atoms with Crippen LogP contribution in [0.25, 0.3) is 22.0 Å². The molecule has 8 heteroatoms. The molecular formula is C20H18N4O2S2. The van der Waals surface area contributed by atoms with Crippen molar-refractivity contribution >= 4 is 23.1 Å². The Labute approximate surface area is 171 Å². The highest BCUT2D eigenvalue weighted by Gasteiger charge is 2.11. The molecule has 0 fully saturated rings. The molecule has 6 nitrogen and oxygen atoms in total. The number of rotatable bonds is 7. The van der Waals surface area contributed by atoms with E-state index in [1.54, 1.807) is 37.3 Å². The molecule has 2 aromatic heterocycles. The third-order valence-corrected chi connectivity index (χ3v) is 5.86. The number of benzene rings is 2. The number of methoxy groups -OCH3 is 2. The molecule has 142 valence electrons. The van der Waals surface area contributed by atoms with Crippen LogP contribution < -0.4 is 9.47 Å². The third kappa shape index (κ3) is 4.02. The average molecular weight is 411 g/mol. The van der Waals surface area contributed by atoms with Crippen LogP contribution in [-0.2, 0) is 5.75 Å². The molecule has 28 heavy (non-hydrogen) atoms. The minimum absolute atomic E-state index is 0.695. The Morgan fingerprint density at radius 1 is 0.964 bits per heavy atom. The van der Waals surface area contributed by atoms with Gasteiger partial charge >= 0.3 is 0 Å². The fourth-order valence-electron chi connectivity index (χ4n) is 2.65. The van der Waals surface area contributed by atoms with Crippen molar-refractivity contribution in [2.24, 2.45) is 0 Å². The number of aromatic nitrogens is 4. The maximum atomic E-state index is 5.38. The molecule has 0 saturated heterocycles. The SMILES string of the molecule is COc1ccc(-c2nc(CSc3n[nH]c(-c4ccccc4)n3)cs2)cc1OC. The molecule has 2 aromatic carbocycles. The number of nitrogens with one attached hydrogen (secondary N) is 1. The van der Waals surface area contributed by atoms with Crippen LogP contribution in [0.1, 0.15) is 5.69 Å². The summed E-state index contributed by atoms with van der Waals surface area (Å²) in [6.07, 6.45) is 0. The largest absolute Gasteiger partial charge is 0.493 e. The molecule has 0 saturated carbocycles. The maximum Gasteiger partial charge on any atom is 0.209 e. The van der Waals surface area contributed by atoms with Gasteiger partial charge in [0, 0.05) is 22.3 Å². The van der Waals surface area contributed by atoms with E-state index in [0.29, 0.717) is 22.4 Å². The molecule has 0 spiro atoms. The normalized spacial score (nSPS) is 10.8. The van der Waals surface area contributed by atoms with Gasteiger partial charge in [-0.2, -0.15) is 0 Å². The summed E-state index contributed by atoms with van der Waals surface area (Å²) >= 11 is 3.16. The first-order valence-electron chi connectivity index (χ1n) is 8.54. The van der Waals surface area contributed by atoms with Gasteiger partial charge in [0.15, 0.2) is 17.3 Å². The Morgan fingerprint density at radius 2 is 1.79 bits per heavy atom. The van der Waals surface area contributed by atoms with Gasteiger partial charge in [0.1, 0.15) is 5.01 Å². The van der Waals surface area contributed by atoms with Crippen molar-refractivity contribution in [3.05, 3.63) is 59.6 Å². The average Bonchev–Trinajstić information content (AvgIpc) is 3.42. The van der Waals surface area contributed by atoms with E-state index in [9.17, 15) is 0 Å². The number of hydrogen-bond acceptors (Lipinski definition) is 7. The predicted octanol–water partition coefficient (Wildman–Crippen LogP) is 4.90. The zero-order chi connectivity index (χ0) is 19.3. The fourth-order valence-corrected chi connectivity index (χ4v) is 4.26. The summed E-state index contributed by atoms with van der Waals surface area (Å²) < 4.78 is 10.7. The Balaban J connectivity index is 1.44. The van der Waals surface area contributed by atoms with Gasteiger partial charge in [-0.3, -0.25) is 5.10 Å². The van der Waals surface area contributed by atoms with Crippen LogP contribution in [0.5, 0.6) is 11.5 Å². The van der Waals surface area contributed by atoms with Crippen molar-refractivity contribution in [1.29, 1.82) is 0 Å². The minimum Gasteiger partial charge on any atom is -0.493 e. The lowest BCUT2D eigenvalue weighted by atomic mass is 10.2. The summed E-state index contributed by atoms with van der Waals surface area (Å²) in [5.41, 5.74) is 3.01. The topological polar surface area (TPSA) is 72.9 Å². The first-order valence-corrected chi connectivity index (χ1v) is 10.4. The van der Waals surface area contributed by atoms with E-state index in [0.717, 1.165) is 27.7 Å². The quantitative estimate of drug-likeness (QED) is 0.437. The van der Waals surface area contributed by atoms with E-state index in [2.05, 4.69) is 20.6 Å². The predicted molar refractivity (Wildman–Crippen MR) is 112 cm³/mol. The number of H-pyrrole nitrogens is 1. The van der Waals surface area contributed by atoms with Crippen molar-refractivity contribution in [3.8, 4) is 33.5 Å². The van der Waals surface area contributed by atoms with Crippen molar-refractivity contribution in [1.82, 2.24) is 20.2 Å². The molecule has 0 bridgehead atoms. The number of hydrogen-bond donors (Lipinski definition) is 1. The molecular weight excluding hydrogens is 392 g/mol. The van der Waals surface area contributed by atoms with Crippen LogP contribution in [0.2, 0.25) is 0 Å². The Hall–Kier alpha value is -2.84. The highest BCUT2D eigenvalue weighted by Crippen LogP contribution is 2.34. The molecule has 4 aromatic rings. The van der Waals surface area contributed by atoms with Crippen LogP contribution >= 0.6 is 23.1 Å². The lowest BCUT2D eigenvalue weighted by Crippen LogP contribution is -1.91. The van der Waals surface area contributed by atoms with E-state index in [1.165, 1.54) is 0 Å². The fraction of sp³-hybridized carbons (Fsp3) is 0.150. The highest BCUT2D eigenvalue weighted by molar-refractivity contribution is 7.98. The van der Waals surface area contributed by atoms with Gasteiger partial charge in [0.25, 0.3) is 0 Å². The molecule has 1 N–H and O–H groups in total. The number of ether oxygens (including phenoxy) is 2. The van der Waals surface area contributed by atoms with E-state index in [-0.39, 0.29) is 0 Å². The first kappa shape index (κ1) is 18.5. The van der Waals surface area contributed by atoms with Crippen LogP contribution in [0.3, 0.4) is 0 Å². The Kier molecular flexibility index (Phi) is 5.59. The summed E-state index contributed by atoms with van der Waals surface area (Å²) in [4.78, 5) is 9.27. The highest BCUT2D eigenvalue weighted by atomic mass is 32.2. The zero-order valence-corrected chi connectivity index (χ0v) is 17.0.